The standard InChI is InChI=1S/C22H17ClN6O2/c1-14-17(26-22-27-18-13-15(23)8-9-20(18)31-22)6-4-12-28(14)21(30)16-5-2-3-7-19(16)29-24-10-11-25-29/h2-3,5,7-11,13H,1,4,6,12H2. The number of hydrogen-bond donors (Lipinski definition) is 0. The second-order valence-electron chi connectivity index (χ2n) is 7.01. The first-order valence-electron chi connectivity index (χ1n) is 9.71. The van der Waals surface area contributed by atoms with Crippen molar-refractivity contribution in [3.63, 3.8) is 0 Å². The summed E-state index contributed by atoms with van der Waals surface area (Å²) in [5.74, 6) is -0.186. The van der Waals surface area contributed by atoms with E-state index in [1.807, 2.05) is 12.1 Å². The number of carbonyl (C=O) groups excluding carboxylic acids is 1. The quantitative estimate of drug-likeness (QED) is 0.472. The molecule has 0 bridgehead atoms. The number of likely N-dealkylation sites (tertiary alicyclic amines) is 1. The SMILES string of the molecule is C=C1C(=Nc2nc3cc(Cl)ccc3o2)CCCN1C(=O)c1ccccc1-n1nccn1. The summed E-state index contributed by atoms with van der Waals surface area (Å²) in [6, 6.07) is 12.6. The van der Waals surface area contributed by atoms with E-state index in [-0.39, 0.29) is 11.9 Å². The summed E-state index contributed by atoms with van der Waals surface area (Å²) in [4.78, 5) is 25.4. The Bertz CT molecular complexity index is 1330. The van der Waals surface area contributed by atoms with Gasteiger partial charge in [-0.1, -0.05) is 30.3 Å². The van der Waals surface area contributed by atoms with Crippen LogP contribution in [0.5, 0.6) is 0 Å². The Kier molecular flexibility index (Phi) is 4.83. The molecule has 154 valence electrons. The molecule has 2 aromatic heterocycles. The zero-order valence-corrected chi connectivity index (χ0v) is 17.2. The zero-order valence-electron chi connectivity index (χ0n) is 16.4. The van der Waals surface area contributed by atoms with Gasteiger partial charge in [-0.2, -0.15) is 25.0 Å². The van der Waals surface area contributed by atoms with Crippen LogP contribution in [-0.4, -0.2) is 43.0 Å². The third-order valence-corrected chi connectivity index (χ3v) is 5.27. The smallest absolute Gasteiger partial charge is 0.323 e. The number of amides is 1. The average molecular weight is 433 g/mol. The lowest BCUT2D eigenvalue weighted by Gasteiger charge is -2.30. The number of fused-ring (bicyclic) bond motifs is 1. The maximum atomic E-state index is 13.4. The number of allylic oxidation sites excluding steroid dienone is 1. The molecule has 0 spiro atoms. The number of benzene rings is 2. The summed E-state index contributed by atoms with van der Waals surface area (Å²) >= 11 is 6.02. The number of hydrogen-bond acceptors (Lipinski definition) is 6. The van der Waals surface area contributed by atoms with Gasteiger partial charge in [-0.15, -0.1) is 0 Å². The molecule has 9 heteroatoms. The predicted octanol–water partition coefficient (Wildman–Crippen LogP) is 4.58. The van der Waals surface area contributed by atoms with Crippen LogP contribution in [0.25, 0.3) is 16.8 Å². The van der Waals surface area contributed by atoms with E-state index in [1.54, 1.807) is 47.6 Å². The fraction of sp³-hybridized carbons (Fsp3) is 0.136. The van der Waals surface area contributed by atoms with Crippen LogP contribution in [0, 0.1) is 0 Å². The highest BCUT2D eigenvalue weighted by molar-refractivity contribution is 6.31. The third kappa shape index (κ3) is 3.62. The van der Waals surface area contributed by atoms with Crippen molar-refractivity contribution in [2.75, 3.05) is 6.54 Å². The van der Waals surface area contributed by atoms with Crippen molar-refractivity contribution < 1.29 is 9.21 Å². The molecule has 0 saturated carbocycles. The Morgan fingerprint density at radius 3 is 2.81 bits per heavy atom. The fourth-order valence-corrected chi connectivity index (χ4v) is 3.72. The minimum Gasteiger partial charge on any atom is -0.422 e. The maximum absolute atomic E-state index is 13.4. The van der Waals surface area contributed by atoms with E-state index in [2.05, 4.69) is 26.8 Å². The number of aliphatic imine (C=N–C) groups is 1. The molecule has 0 unspecified atom stereocenters. The van der Waals surface area contributed by atoms with Crippen molar-refractivity contribution in [2.24, 2.45) is 4.99 Å². The lowest BCUT2D eigenvalue weighted by Crippen LogP contribution is -2.38. The molecule has 3 heterocycles. The van der Waals surface area contributed by atoms with Crippen LogP contribution >= 0.6 is 11.6 Å². The van der Waals surface area contributed by atoms with Crippen LogP contribution in [0.4, 0.5) is 6.01 Å². The molecule has 1 aliphatic rings. The molecular formula is C22H17ClN6O2. The first-order chi connectivity index (χ1) is 15.1. The molecule has 2 aromatic carbocycles. The van der Waals surface area contributed by atoms with Crippen LogP contribution in [0.3, 0.4) is 0 Å². The second kappa shape index (κ2) is 7.81. The number of piperidine rings is 1. The van der Waals surface area contributed by atoms with E-state index in [4.69, 9.17) is 16.0 Å². The summed E-state index contributed by atoms with van der Waals surface area (Å²) in [5.41, 5.74) is 3.50. The molecule has 4 aromatic rings. The van der Waals surface area contributed by atoms with Crippen molar-refractivity contribution in [2.45, 2.75) is 12.8 Å². The molecular weight excluding hydrogens is 416 g/mol. The van der Waals surface area contributed by atoms with Gasteiger partial charge < -0.3 is 9.32 Å². The number of halogens is 1. The number of para-hydroxylation sites is 1. The molecule has 0 N–H and O–H groups in total. The Morgan fingerprint density at radius 2 is 1.97 bits per heavy atom. The highest BCUT2D eigenvalue weighted by Crippen LogP contribution is 2.27. The van der Waals surface area contributed by atoms with Crippen molar-refractivity contribution in [3.05, 3.63) is 77.7 Å². The van der Waals surface area contributed by atoms with Crippen molar-refractivity contribution in [3.8, 4) is 5.69 Å². The molecule has 1 aliphatic heterocycles. The first kappa shape index (κ1) is 19.2. The molecule has 0 atom stereocenters. The summed E-state index contributed by atoms with van der Waals surface area (Å²) in [6.07, 6.45) is 4.56. The Morgan fingerprint density at radius 1 is 1.16 bits per heavy atom. The van der Waals surface area contributed by atoms with E-state index in [0.29, 0.717) is 51.7 Å². The fourth-order valence-electron chi connectivity index (χ4n) is 3.55. The van der Waals surface area contributed by atoms with Crippen LogP contribution in [0.2, 0.25) is 5.02 Å². The third-order valence-electron chi connectivity index (χ3n) is 5.04. The molecule has 31 heavy (non-hydrogen) atoms. The van der Waals surface area contributed by atoms with E-state index >= 15 is 0 Å². The number of carbonyl (C=O) groups is 1. The van der Waals surface area contributed by atoms with Gasteiger partial charge in [0.05, 0.1) is 35.1 Å². The number of aromatic nitrogens is 4. The van der Waals surface area contributed by atoms with Crippen LogP contribution < -0.4 is 0 Å². The average Bonchev–Trinajstić information content (AvgIpc) is 3.44. The van der Waals surface area contributed by atoms with Gasteiger partial charge in [-0.3, -0.25) is 4.79 Å². The van der Waals surface area contributed by atoms with Crippen molar-refractivity contribution in [1.82, 2.24) is 24.9 Å². The molecule has 1 amide bonds. The lowest BCUT2D eigenvalue weighted by atomic mass is 10.0. The van der Waals surface area contributed by atoms with E-state index in [1.165, 1.54) is 4.80 Å². The number of nitrogens with zero attached hydrogens (tertiary/aromatic N) is 6. The minimum atomic E-state index is -0.186. The highest BCUT2D eigenvalue weighted by Gasteiger charge is 2.28. The monoisotopic (exact) mass is 432 g/mol. The van der Waals surface area contributed by atoms with E-state index in [9.17, 15) is 4.79 Å². The Balaban J connectivity index is 1.46. The molecule has 0 radical (unpaired) electrons. The van der Waals surface area contributed by atoms with Gasteiger partial charge in [-0.05, 0) is 43.2 Å². The summed E-state index contributed by atoms with van der Waals surface area (Å²) < 4.78 is 5.70. The van der Waals surface area contributed by atoms with E-state index < -0.39 is 0 Å². The van der Waals surface area contributed by atoms with E-state index in [0.717, 1.165) is 6.42 Å². The molecule has 1 saturated heterocycles. The van der Waals surface area contributed by atoms with Gasteiger partial charge in [0.15, 0.2) is 5.58 Å². The van der Waals surface area contributed by atoms with Crippen molar-refractivity contribution in [1.29, 1.82) is 0 Å². The summed E-state index contributed by atoms with van der Waals surface area (Å²) in [7, 11) is 0. The summed E-state index contributed by atoms with van der Waals surface area (Å²) in [6.45, 7) is 4.67. The van der Waals surface area contributed by atoms with Gasteiger partial charge in [0.2, 0.25) is 0 Å². The van der Waals surface area contributed by atoms with Crippen LogP contribution in [-0.2, 0) is 0 Å². The molecule has 5 rings (SSSR count). The predicted molar refractivity (Wildman–Crippen MR) is 117 cm³/mol. The molecule has 8 nitrogen and oxygen atoms in total. The zero-order chi connectivity index (χ0) is 21.4. The van der Waals surface area contributed by atoms with Gasteiger partial charge >= 0.3 is 6.01 Å². The molecule has 1 fully saturated rings. The maximum Gasteiger partial charge on any atom is 0.323 e. The summed E-state index contributed by atoms with van der Waals surface area (Å²) in [5, 5.41) is 8.87. The van der Waals surface area contributed by atoms with Crippen LogP contribution in [0.1, 0.15) is 23.2 Å². The minimum absolute atomic E-state index is 0.186. The first-order valence-corrected chi connectivity index (χ1v) is 10.1. The van der Waals surface area contributed by atoms with Crippen LogP contribution in [0.15, 0.2) is 76.5 Å². The Labute approximate surface area is 182 Å². The van der Waals surface area contributed by atoms with Gasteiger partial charge in [-0.25, -0.2) is 0 Å². The second-order valence-corrected chi connectivity index (χ2v) is 7.45. The van der Waals surface area contributed by atoms with Gasteiger partial charge in [0, 0.05) is 11.6 Å². The van der Waals surface area contributed by atoms with Gasteiger partial charge in [0.25, 0.3) is 5.91 Å². The topological polar surface area (TPSA) is 89.4 Å². The van der Waals surface area contributed by atoms with Gasteiger partial charge in [0.1, 0.15) is 5.52 Å². The lowest BCUT2D eigenvalue weighted by molar-refractivity contribution is 0.0807. The van der Waals surface area contributed by atoms with Crippen molar-refractivity contribution >= 4 is 40.3 Å². The number of rotatable bonds is 3. The number of oxazole rings is 1. The largest absolute Gasteiger partial charge is 0.422 e. The molecule has 0 aliphatic carbocycles. The highest BCUT2D eigenvalue weighted by atomic mass is 35.5. The normalized spacial score (nSPS) is 15.7. The Hall–Kier alpha value is -3.78.